The summed E-state index contributed by atoms with van der Waals surface area (Å²) in [5.74, 6) is 1.21. The van der Waals surface area contributed by atoms with Crippen molar-refractivity contribution >= 4 is 17.3 Å². The van der Waals surface area contributed by atoms with Gasteiger partial charge >= 0.3 is 0 Å². The molecule has 3 nitrogen and oxygen atoms in total. The summed E-state index contributed by atoms with van der Waals surface area (Å²) in [5, 5.41) is 0.431. The molecule has 72 valence electrons. The van der Waals surface area contributed by atoms with E-state index in [1.54, 1.807) is 13.2 Å². The van der Waals surface area contributed by atoms with Crippen molar-refractivity contribution < 1.29 is 9.47 Å². The monoisotopic (exact) mass is 201 g/mol. The third-order valence-electron chi connectivity index (χ3n) is 1.93. The van der Waals surface area contributed by atoms with Crippen LogP contribution in [-0.4, -0.2) is 14.2 Å². The number of nitrogen functional groups attached to an aromatic ring is 1. The summed E-state index contributed by atoms with van der Waals surface area (Å²) in [4.78, 5) is 0. The summed E-state index contributed by atoms with van der Waals surface area (Å²) in [6, 6.07) is 1.72. The molecule has 4 heteroatoms. The van der Waals surface area contributed by atoms with Crippen molar-refractivity contribution in [3.05, 3.63) is 16.7 Å². The normalized spacial score (nSPS) is 9.85. The quantitative estimate of drug-likeness (QED) is 0.747. The lowest BCUT2D eigenvalue weighted by Crippen LogP contribution is -1.97. The zero-order chi connectivity index (χ0) is 10.0. The first kappa shape index (κ1) is 9.99. The molecule has 2 N–H and O–H groups in total. The van der Waals surface area contributed by atoms with Gasteiger partial charge in [0.1, 0.15) is 16.5 Å². The topological polar surface area (TPSA) is 44.5 Å². The molecule has 0 saturated carbocycles. The molecule has 0 radical (unpaired) electrons. The van der Waals surface area contributed by atoms with Gasteiger partial charge in [0.15, 0.2) is 0 Å². The summed E-state index contributed by atoms with van der Waals surface area (Å²) >= 11 is 5.92. The van der Waals surface area contributed by atoms with Gasteiger partial charge in [-0.15, -0.1) is 0 Å². The van der Waals surface area contributed by atoms with Crippen molar-refractivity contribution in [3.63, 3.8) is 0 Å². The average Bonchev–Trinajstić information content (AvgIpc) is 2.15. The number of rotatable bonds is 2. The highest BCUT2D eigenvalue weighted by Gasteiger charge is 2.12. The van der Waals surface area contributed by atoms with E-state index in [1.807, 2.05) is 6.92 Å². The number of hydrogen-bond donors (Lipinski definition) is 1. The molecule has 0 saturated heterocycles. The molecule has 0 aliphatic rings. The lowest BCUT2D eigenvalue weighted by molar-refractivity contribution is 0.393. The lowest BCUT2D eigenvalue weighted by Gasteiger charge is -2.12. The van der Waals surface area contributed by atoms with Gasteiger partial charge in [-0.2, -0.15) is 0 Å². The molecule has 0 unspecified atom stereocenters. The molecule has 0 aliphatic carbocycles. The first-order valence-corrected chi connectivity index (χ1v) is 4.16. The zero-order valence-corrected chi connectivity index (χ0v) is 8.61. The Morgan fingerprint density at radius 1 is 1.23 bits per heavy atom. The van der Waals surface area contributed by atoms with Gasteiger partial charge in [-0.1, -0.05) is 11.6 Å². The maximum Gasteiger partial charge on any atom is 0.143 e. The summed E-state index contributed by atoms with van der Waals surface area (Å²) in [6.07, 6.45) is 0. The van der Waals surface area contributed by atoms with Crippen LogP contribution in [0.2, 0.25) is 5.02 Å². The van der Waals surface area contributed by atoms with Crippen LogP contribution in [0.4, 0.5) is 5.69 Å². The minimum Gasteiger partial charge on any atom is -0.496 e. The van der Waals surface area contributed by atoms with E-state index in [-0.39, 0.29) is 0 Å². The molecule has 1 rings (SSSR count). The minimum absolute atomic E-state index is 0.431. The molecule has 0 amide bonds. The second kappa shape index (κ2) is 3.75. The van der Waals surface area contributed by atoms with Gasteiger partial charge in [-0.3, -0.25) is 0 Å². The van der Waals surface area contributed by atoms with E-state index in [0.717, 1.165) is 5.56 Å². The molecule has 0 bridgehead atoms. The van der Waals surface area contributed by atoms with Crippen LogP contribution in [0.5, 0.6) is 11.5 Å². The number of anilines is 1. The van der Waals surface area contributed by atoms with Crippen LogP contribution >= 0.6 is 11.6 Å². The Labute approximate surface area is 82.4 Å². The minimum atomic E-state index is 0.431. The Morgan fingerprint density at radius 3 is 2.23 bits per heavy atom. The fourth-order valence-corrected chi connectivity index (χ4v) is 1.35. The first-order valence-electron chi connectivity index (χ1n) is 3.78. The molecular formula is C9H12ClNO2. The highest BCUT2D eigenvalue weighted by Crippen LogP contribution is 2.38. The summed E-state index contributed by atoms with van der Waals surface area (Å²) in [7, 11) is 3.12. The fourth-order valence-electron chi connectivity index (χ4n) is 1.08. The number of halogens is 1. The van der Waals surface area contributed by atoms with Gasteiger partial charge in [-0.25, -0.2) is 0 Å². The van der Waals surface area contributed by atoms with Crippen LogP contribution in [0.3, 0.4) is 0 Å². The third kappa shape index (κ3) is 1.65. The second-order valence-electron chi connectivity index (χ2n) is 2.63. The van der Waals surface area contributed by atoms with Crippen LogP contribution in [0, 0.1) is 6.92 Å². The Hall–Kier alpha value is -1.09. The van der Waals surface area contributed by atoms with Crippen LogP contribution in [0.1, 0.15) is 5.56 Å². The van der Waals surface area contributed by atoms with E-state index in [0.29, 0.717) is 22.2 Å². The van der Waals surface area contributed by atoms with Gasteiger partial charge in [0, 0.05) is 11.6 Å². The Bertz CT molecular complexity index is 298. The van der Waals surface area contributed by atoms with E-state index >= 15 is 0 Å². The van der Waals surface area contributed by atoms with E-state index in [2.05, 4.69) is 0 Å². The highest BCUT2D eigenvalue weighted by molar-refractivity contribution is 6.34. The van der Waals surface area contributed by atoms with Gasteiger partial charge in [0.2, 0.25) is 0 Å². The van der Waals surface area contributed by atoms with Crippen LogP contribution in [0.15, 0.2) is 6.07 Å². The van der Waals surface area contributed by atoms with Gasteiger partial charge in [0.25, 0.3) is 0 Å². The average molecular weight is 202 g/mol. The third-order valence-corrected chi connectivity index (χ3v) is 2.32. The van der Waals surface area contributed by atoms with Crippen molar-refractivity contribution in [3.8, 4) is 11.5 Å². The van der Waals surface area contributed by atoms with Crippen LogP contribution in [0.25, 0.3) is 0 Å². The van der Waals surface area contributed by atoms with Crippen LogP contribution in [-0.2, 0) is 0 Å². The summed E-state index contributed by atoms with van der Waals surface area (Å²) < 4.78 is 10.1. The Balaban J connectivity index is 3.36. The van der Waals surface area contributed by atoms with E-state index < -0.39 is 0 Å². The summed E-state index contributed by atoms with van der Waals surface area (Å²) in [5.41, 5.74) is 7.07. The number of benzene rings is 1. The predicted octanol–water partition coefficient (Wildman–Crippen LogP) is 2.25. The molecular weight excluding hydrogens is 190 g/mol. The maximum absolute atomic E-state index is 5.92. The first-order chi connectivity index (χ1) is 6.11. The van der Waals surface area contributed by atoms with E-state index in [1.165, 1.54) is 7.11 Å². The number of ether oxygens (including phenoxy) is 2. The van der Waals surface area contributed by atoms with Crippen LogP contribution < -0.4 is 15.2 Å². The van der Waals surface area contributed by atoms with E-state index in [4.69, 9.17) is 26.8 Å². The molecule has 0 atom stereocenters. The number of nitrogens with two attached hydrogens (primary N) is 1. The van der Waals surface area contributed by atoms with Crippen molar-refractivity contribution in [1.29, 1.82) is 0 Å². The number of hydrogen-bond acceptors (Lipinski definition) is 3. The summed E-state index contributed by atoms with van der Waals surface area (Å²) in [6.45, 7) is 1.85. The van der Waals surface area contributed by atoms with Gasteiger partial charge < -0.3 is 15.2 Å². The second-order valence-corrected chi connectivity index (χ2v) is 3.01. The molecule has 0 aliphatic heterocycles. The molecule has 0 heterocycles. The standard InChI is InChI=1S/C9H12ClNO2/c1-5-6(12-2)4-7(13-3)8(10)9(5)11/h4H,11H2,1-3H3. The zero-order valence-electron chi connectivity index (χ0n) is 7.85. The number of methoxy groups -OCH3 is 2. The smallest absolute Gasteiger partial charge is 0.143 e. The highest BCUT2D eigenvalue weighted by atomic mass is 35.5. The molecule has 1 aromatic carbocycles. The van der Waals surface area contributed by atoms with Crippen molar-refractivity contribution in [2.24, 2.45) is 0 Å². The van der Waals surface area contributed by atoms with Crippen molar-refractivity contribution in [2.75, 3.05) is 20.0 Å². The molecule has 1 aromatic rings. The Morgan fingerprint density at radius 2 is 1.77 bits per heavy atom. The van der Waals surface area contributed by atoms with Gasteiger partial charge in [0.05, 0.1) is 19.9 Å². The molecule has 0 aromatic heterocycles. The molecule has 13 heavy (non-hydrogen) atoms. The molecule has 0 spiro atoms. The van der Waals surface area contributed by atoms with Gasteiger partial charge in [-0.05, 0) is 6.92 Å². The van der Waals surface area contributed by atoms with Crippen molar-refractivity contribution in [2.45, 2.75) is 6.92 Å². The lowest BCUT2D eigenvalue weighted by atomic mass is 10.1. The Kier molecular flexibility index (Phi) is 2.88. The van der Waals surface area contributed by atoms with E-state index in [9.17, 15) is 0 Å². The maximum atomic E-state index is 5.92. The predicted molar refractivity (Wildman–Crippen MR) is 53.7 cm³/mol. The fraction of sp³-hybridized carbons (Fsp3) is 0.333. The van der Waals surface area contributed by atoms with Crippen molar-refractivity contribution in [1.82, 2.24) is 0 Å². The largest absolute Gasteiger partial charge is 0.496 e. The SMILES string of the molecule is COc1cc(OC)c(Cl)c(N)c1C. The molecule has 0 fully saturated rings.